The first-order chi connectivity index (χ1) is 21.7. The predicted molar refractivity (Wildman–Crippen MR) is 162 cm³/mol. The van der Waals surface area contributed by atoms with Crippen molar-refractivity contribution in [1.82, 2.24) is 4.90 Å². The first-order valence-corrected chi connectivity index (χ1v) is 16.0. The van der Waals surface area contributed by atoms with Crippen LogP contribution >= 0.6 is 0 Å². The second-order valence-corrected chi connectivity index (χ2v) is 14.1. The van der Waals surface area contributed by atoms with Crippen LogP contribution in [-0.2, 0) is 14.6 Å². The van der Waals surface area contributed by atoms with E-state index in [1.165, 1.54) is 54.4 Å². The average molecular weight is 688 g/mol. The molecule has 1 amide bonds. The van der Waals surface area contributed by atoms with Crippen molar-refractivity contribution in [3.8, 4) is 11.1 Å². The summed E-state index contributed by atoms with van der Waals surface area (Å²) in [5.41, 5.74) is -1.57. The molecule has 0 radical (unpaired) electrons. The number of anilines is 1. The quantitative estimate of drug-likeness (QED) is 0.212. The van der Waals surface area contributed by atoms with E-state index in [1.807, 2.05) is 0 Å². The van der Waals surface area contributed by atoms with Crippen LogP contribution in [0.1, 0.15) is 45.2 Å². The maximum atomic E-state index is 14.7. The normalized spacial score (nSPS) is 15.9. The lowest BCUT2D eigenvalue weighted by molar-refractivity contribution is -0.249. The van der Waals surface area contributed by atoms with Crippen molar-refractivity contribution in [2.24, 2.45) is 5.10 Å². The molecule has 0 saturated carbocycles. The average Bonchev–Trinajstić information content (AvgIpc) is 3.42. The number of alkyl halides is 5. The summed E-state index contributed by atoms with van der Waals surface area (Å²) in [5.74, 6) is -7.75. The Morgan fingerprint density at radius 3 is 2.21 bits per heavy atom. The summed E-state index contributed by atoms with van der Waals surface area (Å²) in [6.45, 7) is 5.28. The van der Waals surface area contributed by atoms with E-state index in [2.05, 4.69) is 5.10 Å². The van der Waals surface area contributed by atoms with Crippen LogP contribution in [0.4, 0.5) is 41.2 Å². The zero-order valence-corrected chi connectivity index (χ0v) is 26.6. The molecule has 1 unspecified atom stereocenters. The van der Waals surface area contributed by atoms with E-state index in [4.69, 9.17) is 4.74 Å². The van der Waals surface area contributed by atoms with Crippen molar-refractivity contribution in [2.75, 3.05) is 24.4 Å². The van der Waals surface area contributed by atoms with Gasteiger partial charge in [0.05, 0.1) is 22.4 Å². The molecule has 4 rings (SSSR count). The predicted octanol–water partition coefficient (Wildman–Crippen LogP) is 8.17. The first-order valence-electron chi connectivity index (χ1n) is 14.3. The topological polar surface area (TPSA) is 79.3 Å². The number of benzene rings is 3. The van der Waals surface area contributed by atoms with E-state index in [1.54, 1.807) is 26.8 Å². The number of hydrogen-bond acceptors (Lipinski definition) is 6. The zero-order valence-electron chi connectivity index (χ0n) is 25.8. The van der Waals surface area contributed by atoms with Gasteiger partial charge in [-0.25, -0.2) is 22.0 Å². The Labute approximate surface area is 267 Å². The van der Waals surface area contributed by atoms with Gasteiger partial charge in [0.25, 0.3) is 0 Å². The first kappa shape index (κ1) is 35.7. The molecule has 1 aliphatic rings. The van der Waals surface area contributed by atoms with Gasteiger partial charge >= 0.3 is 18.2 Å². The summed E-state index contributed by atoms with van der Waals surface area (Å²) in [4.78, 5) is 13.4. The molecule has 3 aromatic carbocycles. The van der Waals surface area contributed by atoms with Gasteiger partial charge in [-0.3, -0.25) is 5.01 Å². The van der Waals surface area contributed by atoms with Gasteiger partial charge in [-0.15, -0.1) is 0 Å². The highest BCUT2D eigenvalue weighted by Crippen LogP contribution is 2.45. The third-order valence-electron chi connectivity index (χ3n) is 7.22. The molecule has 0 saturated heterocycles. The van der Waals surface area contributed by atoms with Crippen LogP contribution < -0.4 is 5.01 Å². The van der Waals surface area contributed by atoms with Crippen molar-refractivity contribution in [2.45, 2.75) is 62.3 Å². The maximum Gasteiger partial charge on any atom is 0.459 e. The summed E-state index contributed by atoms with van der Waals surface area (Å²) >= 11 is 0. The maximum absolute atomic E-state index is 14.7. The van der Waals surface area contributed by atoms with Crippen LogP contribution in [0.15, 0.2) is 76.7 Å². The molecule has 0 spiro atoms. The van der Waals surface area contributed by atoms with Crippen molar-refractivity contribution in [3.05, 3.63) is 83.9 Å². The zero-order chi connectivity index (χ0) is 34.9. The summed E-state index contributed by atoms with van der Waals surface area (Å²) in [5, 5.41) is 4.15. The van der Waals surface area contributed by atoms with E-state index in [-0.39, 0.29) is 29.2 Å². The Kier molecular flexibility index (Phi) is 10.0. The molecule has 254 valence electrons. The molecule has 47 heavy (non-hydrogen) atoms. The van der Waals surface area contributed by atoms with Crippen LogP contribution in [-0.4, -0.2) is 62.2 Å². The van der Waals surface area contributed by atoms with Crippen LogP contribution in [0.5, 0.6) is 0 Å². The van der Waals surface area contributed by atoms with Crippen molar-refractivity contribution in [1.29, 1.82) is 0 Å². The van der Waals surface area contributed by atoms with Crippen LogP contribution in [0.3, 0.4) is 0 Å². The van der Waals surface area contributed by atoms with Crippen LogP contribution in [0.2, 0.25) is 0 Å². The smallest absolute Gasteiger partial charge is 0.444 e. The largest absolute Gasteiger partial charge is 0.459 e. The molecule has 7 nitrogen and oxygen atoms in total. The van der Waals surface area contributed by atoms with Gasteiger partial charge in [0, 0.05) is 26.1 Å². The highest BCUT2D eigenvalue weighted by molar-refractivity contribution is 7.91. The molecule has 0 N–H and O–H groups in total. The van der Waals surface area contributed by atoms with E-state index in [9.17, 15) is 43.9 Å². The van der Waals surface area contributed by atoms with Gasteiger partial charge in [-0.05, 0) is 74.2 Å². The molecule has 1 heterocycles. The summed E-state index contributed by atoms with van der Waals surface area (Å²) in [6.07, 6.45) is -7.30. The molecule has 15 heteroatoms. The third-order valence-corrected chi connectivity index (χ3v) is 9.03. The van der Waals surface area contributed by atoms with Crippen molar-refractivity contribution in [3.63, 3.8) is 0 Å². The van der Waals surface area contributed by atoms with Crippen LogP contribution in [0.25, 0.3) is 11.1 Å². The fourth-order valence-electron chi connectivity index (χ4n) is 4.83. The number of sulfone groups is 1. The fraction of sp³-hybridized carbons (Fsp3) is 0.375. The summed E-state index contributed by atoms with van der Waals surface area (Å²) in [6, 6.07) is 12.7. The van der Waals surface area contributed by atoms with E-state index >= 15 is 0 Å². The molecule has 0 aromatic heterocycles. The molecule has 0 bridgehead atoms. The van der Waals surface area contributed by atoms with Gasteiger partial charge in [-0.2, -0.15) is 27.1 Å². The Morgan fingerprint density at radius 2 is 1.62 bits per heavy atom. The Balaban J connectivity index is 1.55. The minimum absolute atomic E-state index is 0.0125. The summed E-state index contributed by atoms with van der Waals surface area (Å²) in [7, 11) is -2.24. The lowest BCUT2D eigenvalue weighted by atomic mass is 9.95. The lowest BCUT2D eigenvalue weighted by Gasteiger charge is -2.25. The van der Waals surface area contributed by atoms with Gasteiger partial charge in [0.15, 0.2) is 15.7 Å². The van der Waals surface area contributed by atoms with Gasteiger partial charge < -0.3 is 9.64 Å². The number of carbonyl (C=O) groups is 1. The Hall–Kier alpha value is -4.14. The number of hydrazone groups is 1. The number of ether oxygens (including phenoxy) is 1. The van der Waals surface area contributed by atoms with Gasteiger partial charge in [-0.1, -0.05) is 30.3 Å². The second kappa shape index (κ2) is 13.2. The number of amides is 1. The number of rotatable bonds is 9. The monoisotopic (exact) mass is 687 g/mol. The molecule has 3 aromatic rings. The van der Waals surface area contributed by atoms with E-state index in [0.29, 0.717) is 22.2 Å². The molecule has 0 fully saturated rings. The van der Waals surface area contributed by atoms with E-state index < -0.39 is 69.1 Å². The Bertz CT molecular complexity index is 1760. The van der Waals surface area contributed by atoms with Gasteiger partial charge in [0.2, 0.25) is 0 Å². The highest BCUT2D eigenvalue weighted by atomic mass is 32.2. The van der Waals surface area contributed by atoms with E-state index in [0.717, 1.165) is 12.1 Å². The second-order valence-electron chi connectivity index (χ2n) is 12.0. The van der Waals surface area contributed by atoms with Gasteiger partial charge in [0.1, 0.15) is 17.1 Å². The van der Waals surface area contributed by atoms with Crippen LogP contribution in [0, 0.1) is 11.6 Å². The fourth-order valence-corrected chi connectivity index (χ4v) is 6.13. The highest BCUT2D eigenvalue weighted by Gasteiger charge is 2.63. The molecular weight excluding hydrogens is 655 g/mol. The Morgan fingerprint density at radius 1 is 0.957 bits per heavy atom. The third kappa shape index (κ3) is 8.24. The van der Waals surface area contributed by atoms with Crippen molar-refractivity contribution < 1.29 is 48.7 Å². The molecule has 1 aliphatic heterocycles. The number of hydrogen-bond donors (Lipinski definition) is 0. The summed E-state index contributed by atoms with van der Waals surface area (Å²) < 4.78 is 128. The molecule has 0 aliphatic carbocycles. The standard InChI is InChI=1S/C32H32F7N3O4S/c1-30(2,3)46-29(43)41(4)15-6-16-47(44,45)24-12-9-20(10-13-24)21-7-5-8-22(17-21)27-19-28(31(35,36)32(37,38)39)40-42(27)26-14-11-23(33)18-25(26)34/h5,7-14,17-18,27H,6,15-16,19H2,1-4H3. The lowest BCUT2D eigenvalue weighted by Crippen LogP contribution is -2.43. The number of nitrogens with zero attached hydrogens (tertiary/aromatic N) is 3. The SMILES string of the molecule is CN(CCCS(=O)(=O)c1ccc(-c2cccc(C3CC(C(F)(F)C(F)(F)F)=NN3c3ccc(F)cc3F)c2)cc1)C(=O)OC(C)(C)C. The van der Waals surface area contributed by atoms with Crippen molar-refractivity contribution >= 4 is 27.3 Å². The molecule has 1 atom stereocenters. The minimum atomic E-state index is -5.95. The molecular formula is C32H32F7N3O4S. The minimum Gasteiger partial charge on any atom is -0.444 e. The number of halogens is 7. The number of carbonyl (C=O) groups excluding carboxylic acids is 1.